The minimum Gasteiger partial charge on any atom is -0.465 e. The summed E-state index contributed by atoms with van der Waals surface area (Å²) in [5.74, 6) is 0.143. The largest absolute Gasteiger partial charge is 0.465 e. The van der Waals surface area contributed by atoms with Crippen LogP contribution in [0, 0.1) is 5.92 Å². The molecular weight excluding hydrogens is 248 g/mol. The highest BCUT2D eigenvalue weighted by Gasteiger charge is 2.18. The molecule has 0 saturated carbocycles. The second-order valence-electron chi connectivity index (χ2n) is 5.61. The van der Waals surface area contributed by atoms with E-state index in [2.05, 4.69) is 31.2 Å². The van der Waals surface area contributed by atoms with E-state index < -0.39 is 0 Å². The van der Waals surface area contributed by atoms with E-state index in [1.807, 2.05) is 0 Å². The molecule has 0 N–H and O–H groups in total. The Morgan fingerprint density at radius 3 is 2.60 bits per heavy atom. The highest BCUT2D eigenvalue weighted by Crippen LogP contribution is 2.18. The van der Waals surface area contributed by atoms with Crippen molar-refractivity contribution in [1.29, 1.82) is 0 Å². The summed E-state index contributed by atoms with van der Waals surface area (Å²) in [6, 6.07) is 0. The first kappa shape index (κ1) is 17.0. The lowest BCUT2D eigenvalue weighted by atomic mass is 9.96. The van der Waals surface area contributed by atoms with Crippen molar-refractivity contribution in [2.24, 2.45) is 5.92 Å². The summed E-state index contributed by atoms with van der Waals surface area (Å²) in [5.41, 5.74) is 0. The Balaban J connectivity index is 2.44. The average Bonchev–Trinajstić information content (AvgIpc) is 2.45. The molecule has 0 radical (unpaired) electrons. The van der Waals surface area contributed by atoms with Gasteiger partial charge >= 0.3 is 5.97 Å². The number of rotatable bonds is 2. The van der Waals surface area contributed by atoms with E-state index in [0.717, 1.165) is 38.5 Å². The lowest BCUT2D eigenvalue weighted by molar-refractivity contribution is -0.149. The highest BCUT2D eigenvalue weighted by molar-refractivity contribution is 5.72. The number of esters is 1. The van der Waals surface area contributed by atoms with Gasteiger partial charge in [-0.3, -0.25) is 4.79 Å². The van der Waals surface area contributed by atoms with E-state index in [-0.39, 0.29) is 11.9 Å². The Bertz CT molecular complexity index is 305. The first-order valence-corrected chi connectivity index (χ1v) is 8.31. The van der Waals surface area contributed by atoms with Crippen LogP contribution in [0.4, 0.5) is 0 Å². The minimum absolute atomic E-state index is 0.0206. The number of carbonyl (C=O) groups excluding carboxylic acids is 1. The number of ether oxygens (including phenoxy) is 1. The fourth-order valence-corrected chi connectivity index (χ4v) is 2.59. The molecule has 0 saturated heterocycles. The Morgan fingerprint density at radius 1 is 1.05 bits per heavy atom. The zero-order valence-electron chi connectivity index (χ0n) is 13.0. The number of cyclic esters (lactones) is 1. The molecule has 0 aromatic rings. The standard InChI is InChI=1S/C18H30O2/c1-2-14-17-15-12-10-8-6-4-3-5-7-9-11-13-16-20-18(17)19/h3,5,9,11,17H,2,4,6-8,10,12-16H2,1H3/b5-3-,11-9-. The predicted molar refractivity (Wildman–Crippen MR) is 84.6 cm³/mol. The van der Waals surface area contributed by atoms with E-state index in [1.165, 1.54) is 25.7 Å². The summed E-state index contributed by atoms with van der Waals surface area (Å²) in [6.07, 6.45) is 19.8. The molecule has 0 aliphatic carbocycles. The van der Waals surface area contributed by atoms with Crippen LogP contribution in [0.25, 0.3) is 0 Å². The van der Waals surface area contributed by atoms with Crippen LogP contribution < -0.4 is 0 Å². The van der Waals surface area contributed by atoms with E-state index in [4.69, 9.17) is 4.74 Å². The number of hydrogen-bond donors (Lipinski definition) is 0. The van der Waals surface area contributed by atoms with Crippen molar-refractivity contribution >= 4 is 5.97 Å². The van der Waals surface area contributed by atoms with Gasteiger partial charge in [-0.1, -0.05) is 56.9 Å². The highest BCUT2D eigenvalue weighted by atomic mass is 16.5. The van der Waals surface area contributed by atoms with Gasteiger partial charge in [0.2, 0.25) is 0 Å². The molecular formula is C18H30O2. The van der Waals surface area contributed by atoms with Gasteiger partial charge in [-0.2, -0.15) is 0 Å². The molecule has 0 bridgehead atoms. The maximum atomic E-state index is 12.0. The van der Waals surface area contributed by atoms with Crippen LogP contribution in [0.3, 0.4) is 0 Å². The third-order valence-electron chi connectivity index (χ3n) is 3.78. The van der Waals surface area contributed by atoms with Crippen LogP contribution in [0.15, 0.2) is 24.3 Å². The van der Waals surface area contributed by atoms with Crippen molar-refractivity contribution in [3.8, 4) is 0 Å². The molecule has 1 unspecified atom stereocenters. The van der Waals surface area contributed by atoms with Gasteiger partial charge in [0.1, 0.15) is 0 Å². The fourth-order valence-electron chi connectivity index (χ4n) is 2.59. The summed E-state index contributed by atoms with van der Waals surface area (Å²) in [7, 11) is 0. The fraction of sp³-hybridized carbons (Fsp3) is 0.722. The van der Waals surface area contributed by atoms with E-state index in [9.17, 15) is 4.79 Å². The summed E-state index contributed by atoms with van der Waals surface area (Å²) in [4.78, 5) is 12.0. The Hall–Kier alpha value is -1.05. The van der Waals surface area contributed by atoms with Crippen LogP contribution in [0.1, 0.15) is 71.1 Å². The molecule has 114 valence electrons. The van der Waals surface area contributed by atoms with Crippen LogP contribution in [-0.2, 0) is 9.53 Å². The normalized spacial score (nSPS) is 26.6. The lowest BCUT2D eigenvalue weighted by Crippen LogP contribution is -2.18. The van der Waals surface area contributed by atoms with Crippen molar-refractivity contribution in [1.82, 2.24) is 0 Å². The zero-order valence-corrected chi connectivity index (χ0v) is 13.0. The summed E-state index contributed by atoms with van der Waals surface area (Å²) in [6.45, 7) is 2.67. The van der Waals surface area contributed by atoms with Crippen molar-refractivity contribution in [3.05, 3.63) is 24.3 Å². The summed E-state index contributed by atoms with van der Waals surface area (Å²) in [5, 5.41) is 0. The predicted octanol–water partition coefficient (Wildman–Crippen LogP) is 5.19. The molecule has 1 atom stereocenters. The van der Waals surface area contributed by atoms with Crippen molar-refractivity contribution in [3.63, 3.8) is 0 Å². The number of allylic oxidation sites excluding steroid dienone is 3. The maximum Gasteiger partial charge on any atom is 0.308 e. The van der Waals surface area contributed by atoms with Crippen molar-refractivity contribution in [2.75, 3.05) is 6.61 Å². The molecule has 1 aliphatic heterocycles. The Kier molecular flexibility index (Phi) is 9.99. The molecule has 0 fully saturated rings. The molecule has 0 amide bonds. The van der Waals surface area contributed by atoms with Gasteiger partial charge in [0.15, 0.2) is 0 Å². The van der Waals surface area contributed by atoms with Crippen molar-refractivity contribution < 1.29 is 9.53 Å². The van der Waals surface area contributed by atoms with Gasteiger partial charge in [-0.25, -0.2) is 0 Å². The van der Waals surface area contributed by atoms with E-state index >= 15 is 0 Å². The third kappa shape index (κ3) is 8.19. The SMILES string of the molecule is CCCC1CCCCCC/C=C\C/C=C\CCOC1=O. The molecule has 20 heavy (non-hydrogen) atoms. The molecule has 2 heteroatoms. The minimum atomic E-state index is 0.0206. The Morgan fingerprint density at radius 2 is 1.80 bits per heavy atom. The molecule has 1 heterocycles. The van der Waals surface area contributed by atoms with Crippen molar-refractivity contribution in [2.45, 2.75) is 71.1 Å². The van der Waals surface area contributed by atoms with Gasteiger partial charge in [0.25, 0.3) is 0 Å². The molecule has 0 spiro atoms. The van der Waals surface area contributed by atoms with Gasteiger partial charge in [-0.05, 0) is 38.5 Å². The van der Waals surface area contributed by atoms with Gasteiger partial charge < -0.3 is 4.74 Å². The third-order valence-corrected chi connectivity index (χ3v) is 3.78. The first-order valence-electron chi connectivity index (χ1n) is 8.31. The summed E-state index contributed by atoms with van der Waals surface area (Å²) < 4.78 is 5.40. The zero-order chi connectivity index (χ0) is 14.5. The molecule has 2 nitrogen and oxygen atoms in total. The maximum absolute atomic E-state index is 12.0. The van der Waals surface area contributed by atoms with Crippen LogP contribution in [0.5, 0.6) is 0 Å². The second kappa shape index (κ2) is 11.7. The van der Waals surface area contributed by atoms with E-state index in [0.29, 0.717) is 6.61 Å². The first-order chi connectivity index (χ1) is 9.84. The second-order valence-corrected chi connectivity index (χ2v) is 5.61. The number of carbonyl (C=O) groups is 1. The summed E-state index contributed by atoms with van der Waals surface area (Å²) >= 11 is 0. The van der Waals surface area contributed by atoms with E-state index in [1.54, 1.807) is 0 Å². The van der Waals surface area contributed by atoms with Crippen LogP contribution in [0.2, 0.25) is 0 Å². The molecule has 0 aromatic carbocycles. The molecule has 1 aliphatic rings. The quantitative estimate of drug-likeness (QED) is 0.513. The molecule has 1 rings (SSSR count). The lowest BCUT2D eigenvalue weighted by Gasteiger charge is -2.15. The number of hydrogen-bond acceptors (Lipinski definition) is 2. The van der Waals surface area contributed by atoms with Gasteiger partial charge in [-0.15, -0.1) is 0 Å². The van der Waals surface area contributed by atoms with Crippen LogP contribution in [-0.4, -0.2) is 12.6 Å². The van der Waals surface area contributed by atoms with Gasteiger partial charge in [0.05, 0.1) is 12.5 Å². The monoisotopic (exact) mass is 278 g/mol. The van der Waals surface area contributed by atoms with Crippen LogP contribution >= 0.6 is 0 Å². The van der Waals surface area contributed by atoms with Gasteiger partial charge in [0, 0.05) is 0 Å². The molecule has 0 aromatic heterocycles. The topological polar surface area (TPSA) is 26.3 Å². The smallest absolute Gasteiger partial charge is 0.308 e. The Labute approximate surface area is 124 Å². The average molecular weight is 278 g/mol.